The Morgan fingerprint density at radius 1 is 1.00 bits per heavy atom. The first-order valence-electron chi connectivity index (χ1n) is 9.29. The number of carbonyl (C=O) groups excluding carboxylic acids is 2. The standard InChI is InChI=1S/C23H27NO2/c1-16-14-20(24(21(16)25)22(26)23(2,3)4)15-17-10-12-19(13-11-17)18-8-6-5-7-9-18/h5-13,16,20H,14-15H2,1-4H3/t16?,20-/m0/s1. The highest BCUT2D eigenvalue weighted by Gasteiger charge is 2.43. The van der Waals surface area contributed by atoms with Crippen LogP contribution >= 0.6 is 0 Å². The third-order valence-electron chi connectivity index (χ3n) is 5.04. The molecule has 1 aliphatic heterocycles. The average Bonchev–Trinajstić information content (AvgIpc) is 2.88. The van der Waals surface area contributed by atoms with Crippen molar-refractivity contribution in [1.29, 1.82) is 0 Å². The summed E-state index contributed by atoms with van der Waals surface area (Å²) in [6.07, 6.45) is 1.45. The van der Waals surface area contributed by atoms with Gasteiger partial charge in [0.1, 0.15) is 0 Å². The first-order valence-corrected chi connectivity index (χ1v) is 9.29. The van der Waals surface area contributed by atoms with E-state index in [1.807, 2.05) is 45.9 Å². The van der Waals surface area contributed by atoms with E-state index in [4.69, 9.17) is 0 Å². The lowest BCUT2D eigenvalue weighted by Crippen LogP contribution is -2.46. The summed E-state index contributed by atoms with van der Waals surface area (Å²) in [5.74, 6) is -0.191. The summed E-state index contributed by atoms with van der Waals surface area (Å²) in [6.45, 7) is 7.54. The quantitative estimate of drug-likeness (QED) is 0.805. The first-order chi connectivity index (χ1) is 12.3. The minimum absolute atomic E-state index is 0.0316. The molecule has 1 saturated heterocycles. The molecule has 0 bridgehead atoms. The lowest BCUT2D eigenvalue weighted by atomic mass is 9.93. The SMILES string of the molecule is CC1C[C@@H](Cc2ccc(-c3ccccc3)cc2)N(C(=O)C(C)(C)C)C1=O. The summed E-state index contributed by atoms with van der Waals surface area (Å²) < 4.78 is 0. The number of hydrogen-bond acceptors (Lipinski definition) is 2. The number of rotatable bonds is 3. The highest BCUT2D eigenvalue weighted by Crippen LogP contribution is 2.32. The molecule has 0 aliphatic carbocycles. The molecule has 3 heteroatoms. The summed E-state index contributed by atoms with van der Waals surface area (Å²) in [7, 11) is 0. The van der Waals surface area contributed by atoms with Gasteiger partial charge in [-0.05, 0) is 29.5 Å². The van der Waals surface area contributed by atoms with Gasteiger partial charge in [0, 0.05) is 17.4 Å². The zero-order chi connectivity index (χ0) is 18.9. The molecule has 0 saturated carbocycles. The topological polar surface area (TPSA) is 37.4 Å². The van der Waals surface area contributed by atoms with Gasteiger partial charge in [-0.3, -0.25) is 14.5 Å². The second-order valence-electron chi connectivity index (χ2n) is 8.32. The van der Waals surface area contributed by atoms with E-state index in [2.05, 4.69) is 36.4 Å². The molecule has 1 unspecified atom stereocenters. The molecule has 0 radical (unpaired) electrons. The maximum Gasteiger partial charge on any atom is 0.234 e. The summed E-state index contributed by atoms with van der Waals surface area (Å²) in [6, 6.07) is 18.7. The summed E-state index contributed by atoms with van der Waals surface area (Å²) in [4.78, 5) is 26.8. The minimum atomic E-state index is -0.546. The Hall–Kier alpha value is -2.42. The van der Waals surface area contributed by atoms with Crippen LogP contribution in [0.2, 0.25) is 0 Å². The molecule has 2 amide bonds. The zero-order valence-corrected chi connectivity index (χ0v) is 16.0. The van der Waals surface area contributed by atoms with E-state index >= 15 is 0 Å². The third-order valence-corrected chi connectivity index (χ3v) is 5.04. The van der Waals surface area contributed by atoms with Crippen LogP contribution in [0.3, 0.4) is 0 Å². The molecule has 1 fully saturated rings. The smallest absolute Gasteiger partial charge is 0.234 e. The van der Waals surface area contributed by atoms with Crippen molar-refractivity contribution in [2.24, 2.45) is 11.3 Å². The molecule has 136 valence electrons. The molecule has 2 aromatic carbocycles. The fourth-order valence-corrected chi connectivity index (χ4v) is 3.57. The van der Waals surface area contributed by atoms with E-state index in [0.717, 1.165) is 12.0 Å². The molecule has 1 aliphatic rings. The molecule has 3 nitrogen and oxygen atoms in total. The first kappa shape index (κ1) is 18.4. The number of benzene rings is 2. The van der Waals surface area contributed by atoms with Gasteiger partial charge in [-0.15, -0.1) is 0 Å². The van der Waals surface area contributed by atoms with E-state index in [1.54, 1.807) is 0 Å². The van der Waals surface area contributed by atoms with Crippen LogP contribution in [0, 0.1) is 11.3 Å². The normalized spacial score (nSPS) is 20.5. The van der Waals surface area contributed by atoms with Crippen LogP contribution in [-0.4, -0.2) is 22.8 Å². The van der Waals surface area contributed by atoms with Gasteiger partial charge in [0.2, 0.25) is 11.8 Å². The molecular weight excluding hydrogens is 322 g/mol. The summed E-state index contributed by atoms with van der Waals surface area (Å²) in [5.41, 5.74) is 2.97. The number of imide groups is 1. The second kappa shape index (κ2) is 7.06. The van der Waals surface area contributed by atoms with E-state index in [0.29, 0.717) is 6.42 Å². The molecule has 0 aromatic heterocycles. The van der Waals surface area contributed by atoms with Crippen molar-refractivity contribution >= 4 is 11.8 Å². The van der Waals surface area contributed by atoms with Crippen molar-refractivity contribution in [2.75, 3.05) is 0 Å². The number of amides is 2. The summed E-state index contributed by atoms with van der Waals surface area (Å²) in [5, 5.41) is 0. The van der Waals surface area contributed by atoms with E-state index in [-0.39, 0.29) is 23.8 Å². The number of likely N-dealkylation sites (tertiary alicyclic amines) is 1. The van der Waals surface area contributed by atoms with Gasteiger partial charge in [-0.2, -0.15) is 0 Å². The van der Waals surface area contributed by atoms with Gasteiger partial charge in [0.05, 0.1) is 0 Å². The van der Waals surface area contributed by atoms with Gasteiger partial charge < -0.3 is 0 Å². The van der Waals surface area contributed by atoms with Gasteiger partial charge in [-0.1, -0.05) is 82.3 Å². The van der Waals surface area contributed by atoms with Crippen LogP contribution in [0.5, 0.6) is 0 Å². The molecule has 2 atom stereocenters. The minimum Gasteiger partial charge on any atom is -0.278 e. The van der Waals surface area contributed by atoms with E-state index in [1.165, 1.54) is 16.0 Å². The lowest BCUT2D eigenvalue weighted by Gasteiger charge is -2.29. The maximum absolute atomic E-state index is 12.8. The van der Waals surface area contributed by atoms with Crippen molar-refractivity contribution in [3.63, 3.8) is 0 Å². The number of nitrogens with zero attached hydrogens (tertiary/aromatic N) is 1. The maximum atomic E-state index is 12.8. The van der Waals surface area contributed by atoms with Crippen molar-refractivity contribution in [3.8, 4) is 11.1 Å². The highest BCUT2D eigenvalue weighted by molar-refractivity contribution is 6.00. The zero-order valence-electron chi connectivity index (χ0n) is 16.0. The molecule has 3 rings (SSSR count). The van der Waals surface area contributed by atoms with Crippen LogP contribution in [0.4, 0.5) is 0 Å². The number of hydrogen-bond donors (Lipinski definition) is 0. The molecule has 26 heavy (non-hydrogen) atoms. The van der Waals surface area contributed by atoms with Crippen molar-refractivity contribution in [2.45, 2.75) is 46.6 Å². The van der Waals surface area contributed by atoms with Crippen LogP contribution in [0.15, 0.2) is 54.6 Å². The van der Waals surface area contributed by atoms with Crippen LogP contribution in [-0.2, 0) is 16.0 Å². The van der Waals surface area contributed by atoms with Gasteiger partial charge >= 0.3 is 0 Å². The predicted molar refractivity (Wildman–Crippen MR) is 104 cm³/mol. The van der Waals surface area contributed by atoms with E-state index < -0.39 is 5.41 Å². The van der Waals surface area contributed by atoms with Crippen molar-refractivity contribution in [3.05, 3.63) is 60.2 Å². The Kier molecular flexibility index (Phi) is 4.99. The molecular formula is C23H27NO2. The van der Waals surface area contributed by atoms with Crippen LogP contribution in [0.1, 0.15) is 39.7 Å². The van der Waals surface area contributed by atoms with Gasteiger partial charge in [-0.25, -0.2) is 0 Å². The number of carbonyl (C=O) groups is 2. The fraction of sp³-hybridized carbons (Fsp3) is 0.391. The lowest BCUT2D eigenvalue weighted by molar-refractivity contribution is -0.150. The van der Waals surface area contributed by atoms with Crippen molar-refractivity contribution < 1.29 is 9.59 Å². The van der Waals surface area contributed by atoms with E-state index in [9.17, 15) is 9.59 Å². The fourth-order valence-electron chi connectivity index (χ4n) is 3.57. The molecule has 1 heterocycles. The third kappa shape index (κ3) is 3.72. The van der Waals surface area contributed by atoms with Gasteiger partial charge in [0.15, 0.2) is 0 Å². The molecule has 0 N–H and O–H groups in total. The monoisotopic (exact) mass is 349 g/mol. The predicted octanol–water partition coefficient (Wildman–Crippen LogP) is 4.71. The Morgan fingerprint density at radius 3 is 2.15 bits per heavy atom. The van der Waals surface area contributed by atoms with Gasteiger partial charge in [0.25, 0.3) is 0 Å². The second-order valence-corrected chi connectivity index (χ2v) is 8.32. The molecule has 2 aromatic rings. The summed E-state index contributed by atoms with van der Waals surface area (Å²) >= 11 is 0. The Labute approximate surface area is 156 Å². The Bertz CT molecular complexity index is 787. The van der Waals surface area contributed by atoms with Crippen molar-refractivity contribution in [1.82, 2.24) is 4.90 Å². The largest absolute Gasteiger partial charge is 0.278 e. The van der Waals surface area contributed by atoms with Crippen LogP contribution in [0.25, 0.3) is 11.1 Å². The molecule has 0 spiro atoms. The highest BCUT2D eigenvalue weighted by atomic mass is 16.2. The van der Waals surface area contributed by atoms with Crippen LogP contribution < -0.4 is 0 Å². The average molecular weight is 349 g/mol. The Morgan fingerprint density at radius 2 is 1.58 bits per heavy atom. The Balaban J connectivity index is 1.79.